The second kappa shape index (κ2) is 6.10. The van der Waals surface area contributed by atoms with Crippen LogP contribution in [0.2, 0.25) is 0 Å². The molecule has 0 bridgehead atoms. The Morgan fingerprint density at radius 3 is 2.56 bits per heavy atom. The molecular weight excluding hydrogens is 231 g/mol. The monoisotopic (exact) mass is 252 g/mol. The van der Waals surface area contributed by atoms with Crippen LogP contribution in [0.3, 0.4) is 0 Å². The Labute approximate surface area is 108 Å². The van der Waals surface area contributed by atoms with Crippen LogP contribution in [-0.2, 0) is 16.0 Å². The van der Waals surface area contributed by atoms with Gasteiger partial charge < -0.3 is 4.74 Å². The maximum atomic E-state index is 13.0. The van der Waals surface area contributed by atoms with Crippen LogP contribution in [0.25, 0.3) is 0 Å². The SMILES string of the molecule is CCOC(C)(CC)C(=O)Cc1ccc(F)cc1C. The van der Waals surface area contributed by atoms with E-state index in [1.807, 2.05) is 27.7 Å². The number of aryl methyl sites for hydroxylation is 1. The van der Waals surface area contributed by atoms with Crippen LogP contribution in [-0.4, -0.2) is 18.0 Å². The van der Waals surface area contributed by atoms with Gasteiger partial charge in [0, 0.05) is 13.0 Å². The third kappa shape index (κ3) is 3.39. The van der Waals surface area contributed by atoms with Gasteiger partial charge in [-0.2, -0.15) is 0 Å². The van der Waals surface area contributed by atoms with Gasteiger partial charge in [0.15, 0.2) is 5.78 Å². The number of carbonyl (C=O) groups is 1. The first-order chi connectivity index (χ1) is 8.42. The van der Waals surface area contributed by atoms with Crippen LogP contribution in [0.5, 0.6) is 0 Å². The molecule has 0 heterocycles. The van der Waals surface area contributed by atoms with Crippen LogP contribution >= 0.6 is 0 Å². The zero-order valence-corrected chi connectivity index (χ0v) is 11.5. The van der Waals surface area contributed by atoms with Crippen molar-refractivity contribution in [2.24, 2.45) is 0 Å². The van der Waals surface area contributed by atoms with Crippen LogP contribution in [0.4, 0.5) is 4.39 Å². The fraction of sp³-hybridized carbons (Fsp3) is 0.533. The Morgan fingerprint density at radius 2 is 2.06 bits per heavy atom. The van der Waals surface area contributed by atoms with Gasteiger partial charge in [-0.05, 0) is 50.5 Å². The van der Waals surface area contributed by atoms with Crippen molar-refractivity contribution in [3.05, 3.63) is 35.1 Å². The smallest absolute Gasteiger partial charge is 0.168 e. The minimum Gasteiger partial charge on any atom is -0.368 e. The topological polar surface area (TPSA) is 26.3 Å². The summed E-state index contributed by atoms with van der Waals surface area (Å²) in [6, 6.07) is 4.51. The Hall–Kier alpha value is -1.22. The Kier molecular flexibility index (Phi) is 5.03. The van der Waals surface area contributed by atoms with Crippen LogP contribution in [0, 0.1) is 12.7 Å². The van der Waals surface area contributed by atoms with Gasteiger partial charge >= 0.3 is 0 Å². The number of benzene rings is 1. The zero-order chi connectivity index (χ0) is 13.8. The summed E-state index contributed by atoms with van der Waals surface area (Å²) >= 11 is 0. The summed E-state index contributed by atoms with van der Waals surface area (Å²) in [5.74, 6) is -0.228. The molecule has 0 N–H and O–H groups in total. The second-order valence-corrected chi connectivity index (χ2v) is 4.69. The van der Waals surface area contributed by atoms with Crippen molar-refractivity contribution in [3.8, 4) is 0 Å². The van der Waals surface area contributed by atoms with Crippen LogP contribution in [0.15, 0.2) is 18.2 Å². The van der Waals surface area contributed by atoms with Gasteiger partial charge in [-0.25, -0.2) is 4.39 Å². The van der Waals surface area contributed by atoms with E-state index in [0.29, 0.717) is 13.0 Å². The third-order valence-corrected chi connectivity index (χ3v) is 3.38. The van der Waals surface area contributed by atoms with E-state index in [1.165, 1.54) is 12.1 Å². The molecule has 18 heavy (non-hydrogen) atoms. The minimum atomic E-state index is -0.740. The van der Waals surface area contributed by atoms with Gasteiger partial charge in [0.2, 0.25) is 0 Å². The van der Waals surface area contributed by atoms with E-state index in [2.05, 4.69) is 0 Å². The Balaban J connectivity index is 2.86. The fourth-order valence-electron chi connectivity index (χ4n) is 1.92. The van der Waals surface area contributed by atoms with Gasteiger partial charge in [-0.1, -0.05) is 13.0 Å². The van der Waals surface area contributed by atoms with Crippen molar-refractivity contribution < 1.29 is 13.9 Å². The van der Waals surface area contributed by atoms with Gasteiger partial charge in [0.05, 0.1) is 0 Å². The Morgan fingerprint density at radius 1 is 1.39 bits per heavy atom. The first-order valence-corrected chi connectivity index (χ1v) is 6.35. The number of halogens is 1. The van der Waals surface area contributed by atoms with Gasteiger partial charge in [0.1, 0.15) is 11.4 Å². The molecule has 0 saturated heterocycles. The molecule has 0 spiro atoms. The van der Waals surface area contributed by atoms with E-state index < -0.39 is 5.60 Å². The Bertz CT molecular complexity index is 429. The van der Waals surface area contributed by atoms with Crippen LogP contribution in [0.1, 0.15) is 38.3 Å². The molecule has 0 aromatic heterocycles. The normalized spacial score (nSPS) is 14.3. The highest BCUT2D eigenvalue weighted by Gasteiger charge is 2.31. The third-order valence-electron chi connectivity index (χ3n) is 3.38. The van der Waals surface area contributed by atoms with Crippen molar-refractivity contribution in [2.45, 2.75) is 46.1 Å². The maximum Gasteiger partial charge on any atom is 0.168 e. The predicted octanol–water partition coefficient (Wildman–Crippen LogP) is 3.45. The summed E-state index contributed by atoms with van der Waals surface area (Å²) in [7, 11) is 0. The summed E-state index contributed by atoms with van der Waals surface area (Å²) in [5, 5.41) is 0. The van der Waals surface area contributed by atoms with E-state index in [-0.39, 0.29) is 18.0 Å². The van der Waals surface area contributed by atoms with Crippen molar-refractivity contribution in [3.63, 3.8) is 0 Å². The lowest BCUT2D eigenvalue weighted by Crippen LogP contribution is -2.39. The standard InChI is InChI=1S/C15H21FO2/c1-5-15(4,18-6-2)14(17)10-12-7-8-13(16)9-11(12)3/h7-9H,5-6,10H2,1-4H3. The molecule has 1 rings (SSSR count). The molecule has 0 amide bonds. The molecule has 3 heteroatoms. The molecule has 0 radical (unpaired) electrons. The first kappa shape index (κ1) is 14.8. The largest absolute Gasteiger partial charge is 0.368 e. The minimum absolute atomic E-state index is 0.0431. The van der Waals surface area contributed by atoms with Gasteiger partial charge in [0.25, 0.3) is 0 Å². The van der Waals surface area contributed by atoms with Crippen LogP contribution < -0.4 is 0 Å². The predicted molar refractivity (Wildman–Crippen MR) is 70.2 cm³/mol. The number of Topliss-reactive ketones (excluding diaryl/α,β-unsaturated/α-hetero) is 1. The number of rotatable bonds is 6. The maximum absolute atomic E-state index is 13.0. The highest BCUT2D eigenvalue weighted by Crippen LogP contribution is 2.20. The number of hydrogen-bond donors (Lipinski definition) is 0. The first-order valence-electron chi connectivity index (χ1n) is 6.35. The van der Waals surface area contributed by atoms with E-state index in [0.717, 1.165) is 11.1 Å². The van der Waals surface area contributed by atoms with Crippen molar-refractivity contribution in [2.75, 3.05) is 6.61 Å². The van der Waals surface area contributed by atoms with Gasteiger partial charge in [-0.15, -0.1) is 0 Å². The molecule has 1 aromatic rings. The molecule has 0 aliphatic rings. The molecule has 0 aliphatic heterocycles. The lowest BCUT2D eigenvalue weighted by Gasteiger charge is -2.26. The fourth-order valence-corrected chi connectivity index (χ4v) is 1.92. The molecule has 100 valence electrons. The molecule has 2 nitrogen and oxygen atoms in total. The zero-order valence-electron chi connectivity index (χ0n) is 11.5. The average molecular weight is 252 g/mol. The molecule has 1 aromatic carbocycles. The number of ketones is 1. The van der Waals surface area contributed by atoms with Gasteiger partial charge in [-0.3, -0.25) is 4.79 Å². The lowest BCUT2D eigenvalue weighted by atomic mass is 9.91. The summed E-state index contributed by atoms with van der Waals surface area (Å²) in [5.41, 5.74) is 0.925. The highest BCUT2D eigenvalue weighted by atomic mass is 19.1. The summed E-state index contributed by atoms with van der Waals surface area (Å²) in [4.78, 5) is 12.3. The summed E-state index contributed by atoms with van der Waals surface area (Å²) in [6.45, 7) is 7.96. The molecule has 1 atom stereocenters. The highest BCUT2D eigenvalue weighted by molar-refractivity contribution is 5.89. The number of ether oxygens (including phenoxy) is 1. The molecule has 0 fully saturated rings. The molecule has 0 aliphatic carbocycles. The van der Waals surface area contributed by atoms with E-state index in [9.17, 15) is 9.18 Å². The van der Waals surface area contributed by atoms with Crippen molar-refractivity contribution >= 4 is 5.78 Å². The molecule has 0 saturated carbocycles. The quantitative estimate of drug-likeness (QED) is 0.775. The molecule has 1 unspecified atom stereocenters. The number of hydrogen-bond acceptors (Lipinski definition) is 2. The lowest BCUT2D eigenvalue weighted by molar-refractivity contribution is -0.141. The summed E-state index contributed by atoms with van der Waals surface area (Å²) < 4.78 is 18.5. The second-order valence-electron chi connectivity index (χ2n) is 4.69. The van der Waals surface area contributed by atoms with E-state index in [4.69, 9.17) is 4.74 Å². The van der Waals surface area contributed by atoms with E-state index >= 15 is 0 Å². The summed E-state index contributed by atoms with van der Waals surface area (Å²) in [6.07, 6.45) is 0.927. The molecular formula is C15H21FO2. The van der Waals surface area contributed by atoms with Crippen molar-refractivity contribution in [1.29, 1.82) is 0 Å². The van der Waals surface area contributed by atoms with E-state index in [1.54, 1.807) is 6.07 Å². The van der Waals surface area contributed by atoms with Crippen molar-refractivity contribution in [1.82, 2.24) is 0 Å². The number of carbonyl (C=O) groups excluding carboxylic acids is 1. The average Bonchev–Trinajstić information content (AvgIpc) is 2.32.